The molecule has 0 radical (unpaired) electrons. The van der Waals surface area contributed by atoms with E-state index in [0.29, 0.717) is 32.9 Å². The zero-order chi connectivity index (χ0) is 26.9. The summed E-state index contributed by atoms with van der Waals surface area (Å²) in [5.74, 6) is -0.340. The van der Waals surface area contributed by atoms with Crippen LogP contribution in [0.3, 0.4) is 0 Å². The highest BCUT2D eigenvalue weighted by Gasteiger charge is 2.25. The number of thioether (sulfide) groups is 1. The Bertz CT molecular complexity index is 1320. The molecule has 3 rings (SSSR count). The van der Waals surface area contributed by atoms with E-state index in [4.69, 9.17) is 17.0 Å². The number of hydrogen-bond donors (Lipinski definition) is 3. The fraction of sp³-hybridized carbons (Fsp3) is 0.333. The van der Waals surface area contributed by atoms with Gasteiger partial charge in [0.1, 0.15) is 6.04 Å². The minimum absolute atomic E-state index is 0.157. The maximum absolute atomic E-state index is 13.5. The molecule has 0 unspecified atom stereocenters. The number of aromatic amines is 1. The summed E-state index contributed by atoms with van der Waals surface area (Å²) in [7, 11) is 0. The molecule has 0 fully saturated rings. The number of esters is 1. The number of aromatic nitrogens is 1. The first kappa shape index (κ1) is 28.6. The Morgan fingerprint density at radius 1 is 1.14 bits per heavy atom. The summed E-state index contributed by atoms with van der Waals surface area (Å²) in [4.78, 5) is 41.8. The summed E-state index contributed by atoms with van der Waals surface area (Å²) in [6, 6.07) is 12.1. The third kappa shape index (κ3) is 8.28. The van der Waals surface area contributed by atoms with Gasteiger partial charge in [-0.05, 0) is 86.3 Å². The summed E-state index contributed by atoms with van der Waals surface area (Å²) in [6.45, 7) is 5.52. The summed E-state index contributed by atoms with van der Waals surface area (Å²) >= 11 is 8.06. The second kappa shape index (κ2) is 13.6. The number of amides is 2. The van der Waals surface area contributed by atoms with Crippen molar-refractivity contribution in [3.8, 4) is 11.1 Å². The predicted octanol–water partition coefficient (Wildman–Crippen LogP) is 5.77. The molecule has 1 atom stereocenters. The highest BCUT2D eigenvalue weighted by atomic mass is 32.2. The second-order valence-corrected chi connectivity index (χ2v) is 11.3. The van der Waals surface area contributed by atoms with E-state index in [1.54, 1.807) is 43.8 Å². The first-order valence-corrected chi connectivity index (χ1v) is 14.5. The van der Waals surface area contributed by atoms with Crippen LogP contribution in [0.25, 0.3) is 11.1 Å². The minimum atomic E-state index is -0.761. The summed E-state index contributed by atoms with van der Waals surface area (Å²) in [5, 5.41) is 7.60. The number of anilines is 1. The molecule has 37 heavy (non-hydrogen) atoms. The Kier molecular flexibility index (Phi) is 10.5. The quantitative estimate of drug-likeness (QED) is 0.205. The maximum atomic E-state index is 13.5. The van der Waals surface area contributed by atoms with Gasteiger partial charge in [0.05, 0.1) is 12.5 Å². The molecule has 0 saturated carbocycles. The monoisotopic (exact) mass is 557 g/mol. The summed E-state index contributed by atoms with van der Waals surface area (Å²) in [5.41, 5.74) is 4.20. The normalized spacial score (nSPS) is 11.7. The third-order valence-corrected chi connectivity index (χ3v) is 7.21. The molecule has 7 nitrogen and oxygen atoms in total. The van der Waals surface area contributed by atoms with Crippen LogP contribution in [-0.4, -0.2) is 46.9 Å². The zero-order valence-electron chi connectivity index (χ0n) is 21.3. The number of carbonyl (C=O) groups excluding carboxylic acids is 3. The summed E-state index contributed by atoms with van der Waals surface area (Å²) < 4.78 is 5.99. The van der Waals surface area contributed by atoms with Crippen LogP contribution in [0.2, 0.25) is 0 Å². The van der Waals surface area contributed by atoms with E-state index >= 15 is 0 Å². The fourth-order valence-electron chi connectivity index (χ4n) is 3.73. The molecular formula is C27H31N3O4S3. The van der Waals surface area contributed by atoms with Crippen LogP contribution >= 0.6 is 35.3 Å². The standard InChI is InChI=1S/C27H31N3O4S3/c1-16(2)34-26(33)23(11-12-36-4)30-25(32)21-10-9-18(13-22(21)20-8-6-5-7-17(20)3)28-24(31)14-19-15-37-27(35)29-19/h5-10,13,15-16,23H,11-12,14H2,1-4H3,(H,28,31)(H,29,35)(H,30,32)/t23-/m0/s1. The number of H-pyrrole nitrogens is 1. The molecule has 0 bridgehead atoms. The first-order chi connectivity index (χ1) is 17.7. The number of ether oxygens (including phenoxy) is 1. The molecule has 0 aliphatic carbocycles. The van der Waals surface area contributed by atoms with Gasteiger partial charge in [-0.15, -0.1) is 11.3 Å². The molecule has 0 aliphatic heterocycles. The molecule has 0 spiro atoms. The zero-order valence-corrected chi connectivity index (χ0v) is 23.7. The van der Waals surface area contributed by atoms with E-state index in [0.717, 1.165) is 16.8 Å². The van der Waals surface area contributed by atoms with Gasteiger partial charge < -0.3 is 20.4 Å². The Hall–Kier alpha value is -2.95. The molecule has 196 valence electrons. The fourth-order valence-corrected chi connectivity index (χ4v) is 5.06. The Morgan fingerprint density at radius 3 is 2.54 bits per heavy atom. The van der Waals surface area contributed by atoms with Gasteiger partial charge in [-0.2, -0.15) is 11.8 Å². The van der Waals surface area contributed by atoms with Crippen LogP contribution in [0, 0.1) is 10.9 Å². The van der Waals surface area contributed by atoms with E-state index < -0.39 is 12.0 Å². The van der Waals surface area contributed by atoms with Gasteiger partial charge in [-0.25, -0.2) is 4.79 Å². The van der Waals surface area contributed by atoms with Crippen LogP contribution in [0.5, 0.6) is 0 Å². The molecule has 2 amide bonds. The van der Waals surface area contributed by atoms with Crippen LogP contribution in [0.15, 0.2) is 47.8 Å². The van der Waals surface area contributed by atoms with Gasteiger partial charge in [0.25, 0.3) is 5.91 Å². The lowest BCUT2D eigenvalue weighted by Crippen LogP contribution is -2.43. The lowest BCUT2D eigenvalue weighted by Gasteiger charge is -2.20. The molecular weight excluding hydrogens is 527 g/mol. The van der Waals surface area contributed by atoms with Crippen molar-refractivity contribution in [2.75, 3.05) is 17.3 Å². The predicted molar refractivity (Wildman–Crippen MR) is 154 cm³/mol. The van der Waals surface area contributed by atoms with Crippen molar-refractivity contribution in [1.29, 1.82) is 0 Å². The number of hydrogen-bond acceptors (Lipinski definition) is 7. The number of aryl methyl sites for hydroxylation is 1. The topological polar surface area (TPSA) is 100 Å². The van der Waals surface area contributed by atoms with E-state index in [-0.39, 0.29) is 24.3 Å². The highest BCUT2D eigenvalue weighted by molar-refractivity contribution is 7.98. The molecule has 3 N–H and O–H groups in total. The van der Waals surface area contributed by atoms with E-state index in [1.807, 2.05) is 42.8 Å². The van der Waals surface area contributed by atoms with Crippen molar-refractivity contribution in [2.45, 2.75) is 45.8 Å². The smallest absolute Gasteiger partial charge is 0.328 e. The van der Waals surface area contributed by atoms with Crippen molar-refractivity contribution in [1.82, 2.24) is 10.3 Å². The average Bonchev–Trinajstić information content (AvgIpc) is 3.25. The van der Waals surface area contributed by atoms with E-state index in [9.17, 15) is 14.4 Å². The number of benzene rings is 2. The van der Waals surface area contributed by atoms with Gasteiger partial charge in [0, 0.05) is 22.3 Å². The Balaban J connectivity index is 1.90. The molecule has 1 aromatic heterocycles. The van der Waals surface area contributed by atoms with Crippen LogP contribution in [-0.2, 0) is 20.7 Å². The van der Waals surface area contributed by atoms with E-state index in [2.05, 4.69) is 15.6 Å². The number of carbonyl (C=O) groups is 3. The Labute approximate surface area is 230 Å². The molecule has 10 heteroatoms. The molecule has 2 aromatic carbocycles. The van der Waals surface area contributed by atoms with Crippen LogP contribution in [0.1, 0.15) is 41.9 Å². The van der Waals surface area contributed by atoms with Crippen LogP contribution < -0.4 is 10.6 Å². The number of rotatable bonds is 11. The van der Waals surface area contributed by atoms with Gasteiger partial charge in [0.2, 0.25) is 5.91 Å². The van der Waals surface area contributed by atoms with Crippen molar-refractivity contribution in [3.05, 3.63) is 68.6 Å². The maximum Gasteiger partial charge on any atom is 0.328 e. The molecule has 3 aromatic rings. The Morgan fingerprint density at radius 2 is 1.89 bits per heavy atom. The SMILES string of the molecule is CSCC[C@H](NC(=O)c1ccc(NC(=O)Cc2csc(=S)[nH]2)cc1-c1ccccc1C)C(=O)OC(C)C. The third-order valence-electron chi connectivity index (χ3n) is 5.46. The first-order valence-electron chi connectivity index (χ1n) is 11.8. The van der Waals surface area contributed by atoms with E-state index in [1.165, 1.54) is 11.3 Å². The van der Waals surface area contributed by atoms with Crippen LogP contribution in [0.4, 0.5) is 5.69 Å². The minimum Gasteiger partial charge on any atom is -0.461 e. The number of thiazole rings is 1. The highest BCUT2D eigenvalue weighted by Crippen LogP contribution is 2.30. The molecule has 1 heterocycles. The lowest BCUT2D eigenvalue weighted by atomic mass is 9.94. The average molecular weight is 558 g/mol. The summed E-state index contributed by atoms with van der Waals surface area (Å²) in [6.07, 6.45) is 2.28. The molecule has 0 aliphatic rings. The van der Waals surface area contributed by atoms with Gasteiger partial charge in [-0.3, -0.25) is 9.59 Å². The number of nitrogens with one attached hydrogen (secondary N) is 3. The van der Waals surface area contributed by atoms with Crippen molar-refractivity contribution in [3.63, 3.8) is 0 Å². The largest absolute Gasteiger partial charge is 0.461 e. The van der Waals surface area contributed by atoms with Crippen molar-refractivity contribution < 1.29 is 19.1 Å². The lowest BCUT2D eigenvalue weighted by molar-refractivity contribution is -0.149. The van der Waals surface area contributed by atoms with Gasteiger partial charge in [-0.1, -0.05) is 24.3 Å². The van der Waals surface area contributed by atoms with Gasteiger partial charge in [0.15, 0.2) is 3.95 Å². The van der Waals surface area contributed by atoms with Crippen molar-refractivity contribution >= 4 is 58.8 Å². The second-order valence-electron chi connectivity index (χ2n) is 8.77. The van der Waals surface area contributed by atoms with Crippen molar-refractivity contribution in [2.24, 2.45) is 0 Å². The van der Waals surface area contributed by atoms with Gasteiger partial charge >= 0.3 is 5.97 Å². The molecule has 0 saturated heterocycles.